The largest absolute Gasteiger partial charge is 0.490 e. The molecule has 2 rings (SSSR count). The lowest BCUT2D eigenvalue weighted by Gasteiger charge is -2.06. The Bertz CT molecular complexity index is 594. The van der Waals surface area contributed by atoms with Crippen molar-refractivity contribution in [3.63, 3.8) is 0 Å². The average Bonchev–Trinajstić information content (AvgIpc) is 2.86. The Morgan fingerprint density at radius 1 is 1.47 bits per heavy atom. The summed E-state index contributed by atoms with van der Waals surface area (Å²) in [6.07, 6.45) is 2.55. The Morgan fingerprint density at radius 3 is 2.89 bits per heavy atom. The highest BCUT2D eigenvalue weighted by Gasteiger charge is 2.17. The van der Waals surface area contributed by atoms with Crippen molar-refractivity contribution in [2.75, 3.05) is 7.11 Å². The Kier molecular flexibility index (Phi) is 3.74. The van der Waals surface area contributed by atoms with Crippen LogP contribution in [0.4, 0.5) is 5.69 Å². The number of hydrogen-bond acceptors (Lipinski definition) is 5. The summed E-state index contributed by atoms with van der Waals surface area (Å²) in [4.78, 5) is 10.5. The number of methoxy groups -OCH3 is 1. The van der Waals surface area contributed by atoms with Gasteiger partial charge in [-0.2, -0.15) is 0 Å². The normalized spacial score (nSPS) is 10.4. The van der Waals surface area contributed by atoms with Crippen LogP contribution < -0.4 is 4.74 Å². The third kappa shape index (κ3) is 2.54. The van der Waals surface area contributed by atoms with Gasteiger partial charge in [0.05, 0.1) is 12.0 Å². The number of rotatable bonds is 5. The fourth-order valence-corrected chi connectivity index (χ4v) is 1.85. The number of benzene rings is 1. The van der Waals surface area contributed by atoms with Crippen LogP contribution in [0.3, 0.4) is 0 Å². The highest BCUT2D eigenvalue weighted by Crippen LogP contribution is 2.31. The zero-order valence-electron chi connectivity index (χ0n) is 10.7. The number of aryl methyl sites for hydroxylation is 1. The van der Waals surface area contributed by atoms with E-state index in [1.807, 2.05) is 11.5 Å². The van der Waals surface area contributed by atoms with E-state index in [-0.39, 0.29) is 11.4 Å². The molecule has 0 aliphatic rings. The van der Waals surface area contributed by atoms with Gasteiger partial charge in [-0.25, -0.2) is 0 Å². The van der Waals surface area contributed by atoms with E-state index < -0.39 is 4.92 Å². The van der Waals surface area contributed by atoms with Gasteiger partial charge in [0, 0.05) is 18.2 Å². The van der Waals surface area contributed by atoms with Gasteiger partial charge in [0.25, 0.3) is 0 Å². The predicted molar refractivity (Wildman–Crippen MR) is 69.0 cm³/mol. The molecule has 1 heterocycles. The van der Waals surface area contributed by atoms with E-state index in [9.17, 15) is 10.1 Å². The maximum absolute atomic E-state index is 11.0. The van der Waals surface area contributed by atoms with Gasteiger partial charge in [-0.05, 0) is 18.6 Å². The van der Waals surface area contributed by atoms with Crippen LogP contribution in [0.25, 0.3) is 11.4 Å². The average molecular weight is 262 g/mol. The first-order valence-corrected chi connectivity index (χ1v) is 5.88. The van der Waals surface area contributed by atoms with Gasteiger partial charge in [-0.3, -0.25) is 10.1 Å². The maximum Gasteiger partial charge on any atom is 0.311 e. The van der Waals surface area contributed by atoms with Gasteiger partial charge in [0.1, 0.15) is 6.33 Å². The van der Waals surface area contributed by atoms with Gasteiger partial charge >= 0.3 is 5.69 Å². The molecule has 2 aromatic rings. The first-order chi connectivity index (χ1) is 9.17. The Morgan fingerprint density at radius 2 is 2.26 bits per heavy atom. The van der Waals surface area contributed by atoms with Crippen LogP contribution in [0.5, 0.6) is 5.75 Å². The van der Waals surface area contributed by atoms with Crippen LogP contribution in [0.15, 0.2) is 24.5 Å². The van der Waals surface area contributed by atoms with Gasteiger partial charge in [0.15, 0.2) is 11.6 Å². The summed E-state index contributed by atoms with van der Waals surface area (Å²) >= 11 is 0. The zero-order valence-corrected chi connectivity index (χ0v) is 10.7. The molecule has 0 saturated heterocycles. The van der Waals surface area contributed by atoms with Crippen LogP contribution in [0, 0.1) is 10.1 Å². The molecule has 7 nitrogen and oxygen atoms in total. The molecule has 1 aromatic heterocycles. The lowest BCUT2D eigenvalue weighted by Crippen LogP contribution is -2.00. The SMILES string of the molecule is CCCn1cnnc1-c1ccc(OC)c([N+](=O)[O-])c1. The Balaban J connectivity index is 2.48. The summed E-state index contributed by atoms with van der Waals surface area (Å²) < 4.78 is 6.84. The molecular formula is C12H14N4O3. The van der Waals surface area contributed by atoms with Crippen molar-refractivity contribution in [1.82, 2.24) is 14.8 Å². The van der Waals surface area contributed by atoms with Crippen LogP contribution in [0.2, 0.25) is 0 Å². The molecule has 0 fully saturated rings. The minimum absolute atomic E-state index is 0.0777. The van der Waals surface area contributed by atoms with E-state index in [1.165, 1.54) is 13.2 Å². The molecule has 0 N–H and O–H groups in total. The van der Waals surface area contributed by atoms with Gasteiger partial charge < -0.3 is 9.30 Å². The van der Waals surface area contributed by atoms with Crippen LogP contribution >= 0.6 is 0 Å². The molecule has 19 heavy (non-hydrogen) atoms. The molecule has 0 spiro atoms. The van der Waals surface area contributed by atoms with Gasteiger partial charge in [0.2, 0.25) is 0 Å². The molecular weight excluding hydrogens is 248 g/mol. The monoisotopic (exact) mass is 262 g/mol. The minimum Gasteiger partial charge on any atom is -0.490 e. The maximum atomic E-state index is 11.0. The molecule has 0 radical (unpaired) electrons. The van der Waals surface area contributed by atoms with E-state index in [4.69, 9.17) is 4.74 Å². The van der Waals surface area contributed by atoms with Gasteiger partial charge in [-0.1, -0.05) is 6.92 Å². The van der Waals surface area contributed by atoms with Crippen molar-refractivity contribution in [3.05, 3.63) is 34.6 Å². The number of nitro groups is 1. The van der Waals surface area contributed by atoms with Crippen molar-refractivity contribution < 1.29 is 9.66 Å². The molecule has 0 aliphatic carbocycles. The number of nitrogens with zero attached hydrogens (tertiary/aromatic N) is 4. The third-order valence-electron chi connectivity index (χ3n) is 2.71. The van der Waals surface area contributed by atoms with E-state index in [2.05, 4.69) is 10.2 Å². The molecule has 7 heteroatoms. The second-order valence-electron chi connectivity index (χ2n) is 3.99. The van der Waals surface area contributed by atoms with Crippen LogP contribution in [-0.4, -0.2) is 26.8 Å². The number of aromatic nitrogens is 3. The third-order valence-corrected chi connectivity index (χ3v) is 2.71. The summed E-state index contributed by atoms with van der Waals surface area (Å²) in [6.45, 7) is 2.81. The molecule has 0 atom stereocenters. The molecule has 0 unspecified atom stereocenters. The van der Waals surface area contributed by atoms with Crippen molar-refractivity contribution in [3.8, 4) is 17.1 Å². The van der Waals surface area contributed by atoms with Crippen molar-refractivity contribution in [1.29, 1.82) is 0 Å². The zero-order chi connectivity index (χ0) is 13.8. The number of hydrogen-bond donors (Lipinski definition) is 0. The summed E-state index contributed by atoms with van der Waals surface area (Å²) in [5.74, 6) is 0.850. The highest BCUT2D eigenvalue weighted by molar-refractivity contribution is 5.63. The molecule has 1 aromatic carbocycles. The van der Waals surface area contributed by atoms with Crippen molar-refractivity contribution >= 4 is 5.69 Å². The second-order valence-corrected chi connectivity index (χ2v) is 3.99. The lowest BCUT2D eigenvalue weighted by molar-refractivity contribution is -0.385. The first-order valence-electron chi connectivity index (χ1n) is 5.88. The van der Waals surface area contributed by atoms with E-state index in [1.54, 1.807) is 18.5 Å². The second kappa shape index (κ2) is 5.47. The smallest absolute Gasteiger partial charge is 0.311 e. The summed E-state index contributed by atoms with van der Waals surface area (Å²) in [5, 5.41) is 18.9. The molecule has 0 aliphatic heterocycles. The summed E-state index contributed by atoms with van der Waals surface area (Å²) in [6, 6.07) is 4.76. The molecule has 0 amide bonds. The van der Waals surface area contributed by atoms with Crippen molar-refractivity contribution in [2.45, 2.75) is 19.9 Å². The lowest BCUT2D eigenvalue weighted by atomic mass is 10.1. The minimum atomic E-state index is -0.469. The van der Waals surface area contributed by atoms with E-state index >= 15 is 0 Å². The first kappa shape index (κ1) is 13.0. The number of ether oxygens (including phenoxy) is 1. The summed E-state index contributed by atoms with van der Waals surface area (Å²) in [7, 11) is 1.40. The summed E-state index contributed by atoms with van der Waals surface area (Å²) in [5.41, 5.74) is 0.574. The van der Waals surface area contributed by atoms with E-state index in [0.29, 0.717) is 11.4 Å². The van der Waals surface area contributed by atoms with Gasteiger partial charge in [-0.15, -0.1) is 10.2 Å². The molecule has 0 bridgehead atoms. The van der Waals surface area contributed by atoms with Crippen LogP contribution in [-0.2, 0) is 6.54 Å². The fourth-order valence-electron chi connectivity index (χ4n) is 1.85. The van der Waals surface area contributed by atoms with Crippen molar-refractivity contribution in [2.24, 2.45) is 0 Å². The Hall–Kier alpha value is -2.44. The molecule has 0 saturated carbocycles. The Labute approximate surface area is 110 Å². The fraction of sp³-hybridized carbons (Fsp3) is 0.333. The topological polar surface area (TPSA) is 83.1 Å². The predicted octanol–water partition coefficient (Wildman–Crippen LogP) is 2.27. The quantitative estimate of drug-likeness (QED) is 0.609. The highest BCUT2D eigenvalue weighted by atomic mass is 16.6. The van der Waals surface area contributed by atoms with Crippen LogP contribution in [0.1, 0.15) is 13.3 Å². The molecule has 100 valence electrons. The standard InChI is InChI=1S/C12H14N4O3/c1-3-6-15-8-13-14-12(15)9-4-5-11(19-2)10(7-9)16(17)18/h4-5,7-8H,3,6H2,1-2H3. The van der Waals surface area contributed by atoms with E-state index in [0.717, 1.165) is 13.0 Å². The number of nitro benzene ring substituents is 1.